The van der Waals surface area contributed by atoms with Crippen LogP contribution in [-0.4, -0.2) is 42.8 Å². The Morgan fingerprint density at radius 2 is 1.84 bits per heavy atom. The van der Waals surface area contributed by atoms with E-state index >= 15 is 0 Å². The number of aromatic nitrogens is 5. The van der Waals surface area contributed by atoms with Crippen LogP contribution in [0, 0.1) is 13.8 Å². The molecular weight excluding hydrogens is 392 g/mol. The molecule has 158 valence electrons. The van der Waals surface area contributed by atoms with E-state index in [0.29, 0.717) is 31.1 Å². The lowest BCUT2D eigenvalue weighted by Gasteiger charge is -2.17. The van der Waals surface area contributed by atoms with Crippen LogP contribution in [0.15, 0.2) is 59.4 Å². The fourth-order valence-electron chi connectivity index (χ4n) is 3.43. The van der Waals surface area contributed by atoms with Gasteiger partial charge in [0.2, 0.25) is 17.6 Å². The van der Waals surface area contributed by atoms with Gasteiger partial charge in [0, 0.05) is 55.6 Å². The van der Waals surface area contributed by atoms with Gasteiger partial charge in [0.1, 0.15) is 0 Å². The Morgan fingerprint density at radius 1 is 1.10 bits per heavy atom. The van der Waals surface area contributed by atoms with Crippen LogP contribution >= 0.6 is 0 Å². The van der Waals surface area contributed by atoms with Crippen LogP contribution in [-0.2, 0) is 17.8 Å². The minimum Gasteiger partial charge on any atom is -0.341 e. The molecule has 3 heterocycles. The summed E-state index contributed by atoms with van der Waals surface area (Å²) in [6, 6.07) is 13.6. The fourth-order valence-corrected chi connectivity index (χ4v) is 3.43. The van der Waals surface area contributed by atoms with E-state index in [0.717, 1.165) is 28.2 Å². The molecule has 0 aliphatic carbocycles. The predicted octanol–water partition coefficient (Wildman–Crippen LogP) is 3.53. The zero-order chi connectivity index (χ0) is 21.8. The monoisotopic (exact) mass is 416 g/mol. The SMILES string of the molecule is Cc1nn(-c2ccccc2)c(C)c1CN(C)C(=O)CCc1nc(-c2ccncc2)no1. The molecule has 0 N–H and O–H groups in total. The number of benzene rings is 1. The molecule has 0 atom stereocenters. The highest BCUT2D eigenvalue weighted by Crippen LogP contribution is 2.20. The van der Waals surface area contributed by atoms with Crippen molar-refractivity contribution in [1.29, 1.82) is 0 Å². The number of amides is 1. The quantitative estimate of drug-likeness (QED) is 0.458. The van der Waals surface area contributed by atoms with E-state index in [1.807, 2.05) is 61.0 Å². The van der Waals surface area contributed by atoms with Crippen LogP contribution in [0.1, 0.15) is 29.3 Å². The number of rotatable bonds is 7. The summed E-state index contributed by atoms with van der Waals surface area (Å²) < 4.78 is 7.21. The van der Waals surface area contributed by atoms with Crippen molar-refractivity contribution in [3.05, 3.63) is 77.7 Å². The molecule has 31 heavy (non-hydrogen) atoms. The summed E-state index contributed by atoms with van der Waals surface area (Å²) in [6.45, 7) is 4.49. The highest BCUT2D eigenvalue weighted by atomic mass is 16.5. The topological polar surface area (TPSA) is 89.9 Å². The summed E-state index contributed by atoms with van der Waals surface area (Å²) in [7, 11) is 1.80. The second kappa shape index (κ2) is 8.91. The van der Waals surface area contributed by atoms with Gasteiger partial charge in [-0.15, -0.1) is 0 Å². The van der Waals surface area contributed by atoms with Crippen LogP contribution < -0.4 is 0 Å². The summed E-state index contributed by atoms with van der Waals surface area (Å²) in [5.41, 5.74) is 4.83. The standard InChI is InChI=1S/C23H24N6O2/c1-16-20(17(2)29(26-16)19-7-5-4-6-8-19)15-28(3)22(30)10-9-21-25-23(27-31-21)18-11-13-24-14-12-18/h4-8,11-14H,9-10,15H2,1-3H3. The van der Waals surface area contributed by atoms with Gasteiger partial charge in [-0.1, -0.05) is 23.4 Å². The first-order valence-electron chi connectivity index (χ1n) is 10.1. The molecular formula is C23H24N6O2. The van der Waals surface area contributed by atoms with Crippen molar-refractivity contribution in [2.75, 3.05) is 7.05 Å². The maximum absolute atomic E-state index is 12.7. The highest BCUT2D eigenvalue weighted by Gasteiger charge is 2.18. The van der Waals surface area contributed by atoms with E-state index in [-0.39, 0.29) is 5.91 Å². The zero-order valence-electron chi connectivity index (χ0n) is 17.8. The Labute approximate surface area is 180 Å². The number of hydrogen-bond donors (Lipinski definition) is 0. The van der Waals surface area contributed by atoms with Crippen molar-refractivity contribution in [1.82, 2.24) is 29.8 Å². The Hall–Kier alpha value is -3.81. The van der Waals surface area contributed by atoms with Gasteiger partial charge in [-0.05, 0) is 38.1 Å². The molecule has 0 unspecified atom stereocenters. The molecule has 0 radical (unpaired) electrons. The van der Waals surface area contributed by atoms with E-state index in [4.69, 9.17) is 4.52 Å². The lowest BCUT2D eigenvalue weighted by atomic mass is 10.1. The van der Waals surface area contributed by atoms with Gasteiger partial charge in [0.15, 0.2) is 0 Å². The molecule has 0 spiro atoms. The molecule has 0 aliphatic heterocycles. The summed E-state index contributed by atoms with van der Waals surface area (Å²) in [5.74, 6) is 0.950. The molecule has 0 fully saturated rings. The molecule has 8 nitrogen and oxygen atoms in total. The molecule has 0 saturated heterocycles. The van der Waals surface area contributed by atoms with Gasteiger partial charge in [-0.2, -0.15) is 10.1 Å². The van der Waals surface area contributed by atoms with Crippen molar-refractivity contribution in [2.24, 2.45) is 0 Å². The summed E-state index contributed by atoms with van der Waals surface area (Å²) in [6.07, 6.45) is 4.03. The summed E-state index contributed by atoms with van der Waals surface area (Å²) >= 11 is 0. The number of carbonyl (C=O) groups excluding carboxylic acids is 1. The normalized spacial score (nSPS) is 10.9. The minimum atomic E-state index is 0.00919. The smallest absolute Gasteiger partial charge is 0.227 e. The van der Waals surface area contributed by atoms with Crippen molar-refractivity contribution >= 4 is 5.91 Å². The number of aryl methyl sites for hydroxylation is 2. The van der Waals surface area contributed by atoms with Crippen molar-refractivity contribution in [2.45, 2.75) is 33.2 Å². The van der Waals surface area contributed by atoms with Gasteiger partial charge in [-0.3, -0.25) is 9.78 Å². The van der Waals surface area contributed by atoms with Crippen LogP contribution in [0.4, 0.5) is 0 Å². The number of para-hydroxylation sites is 1. The second-order valence-corrected chi connectivity index (χ2v) is 7.39. The molecule has 0 bridgehead atoms. The highest BCUT2D eigenvalue weighted by molar-refractivity contribution is 5.76. The molecule has 4 aromatic rings. The average Bonchev–Trinajstić information content (AvgIpc) is 3.39. The third kappa shape index (κ3) is 4.53. The maximum Gasteiger partial charge on any atom is 0.227 e. The summed E-state index contributed by atoms with van der Waals surface area (Å²) in [4.78, 5) is 22.8. The Kier molecular flexibility index (Phi) is 5.88. The molecule has 3 aromatic heterocycles. The average molecular weight is 416 g/mol. The van der Waals surface area contributed by atoms with Crippen molar-refractivity contribution in [3.63, 3.8) is 0 Å². The first-order valence-corrected chi connectivity index (χ1v) is 10.1. The number of pyridine rings is 1. The molecule has 4 rings (SSSR count). The van der Waals surface area contributed by atoms with E-state index < -0.39 is 0 Å². The van der Waals surface area contributed by atoms with Crippen LogP contribution in [0.5, 0.6) is 0 Å². The Bertz CT molecular complexity index is 1170. The van der Waals surface area contributed by atoms with Gasteiger partial charge in [0.05, 0.1) is 11.4 Å². The number of hydrogen-bond acceptors (Lipinski definition) is 6. The minimum absolute atomic E-state index is 0.00919. The predicted molar refractivity (Wildman–Crippen MR) is 115 cm³/mol. The lowest BCUT2D eigenvalue weighted by molar-refractivity contribution is -0.130. The van der Waals surface area contributed by atoms with E-state index in [1.54, 1.807) is 24.3 Å². The Balaban J connectivity index is 1.38. The largest absolute Gasteiger partial charge is 0.341 e. The van der Waals surface area contributed by atoms with Crippen LogP contribution in [0.2, 0.25) is 0 Å². The zero-order valence-corrected chi connectivity index (χ0v) is 17.8. The van der Waals surface area contributed by atoms with E-state index in [9.17, 15) is 4.79 Å². The van der Waals surface area contributed by atoms with Crippen LogP contribution in [0.25, 0.3) is 17.1 Å². The first-order chi connectivity index (χ1) is 15.0. The molecule has 0 aliphatic rings. The number of carbonyl (C=O) groups is 1. The molecule has 1 amide bonds. The molecule has 1 aromatic carbocycles. The fraction of sp³-hybridized carbons (Fsp3) is 0.261. The first kappa shape index (κ1) is 20.5. The van der Waals surface area contributed by atoms with Gasteiger partial charge in [-0.25, -0.2) is 4.68 Å². The Morgan fingerprint density at radius 3 is 2.58 bits per heavy atom. The number of nitrogens with zero attached hydrogens (tertiary/aromatic N) is 6. The molecule has 0 saturated carbocycles. The van der Waals surface area contributed by atoms with Gasteiger partial charge in [0.25, 0.3) is 0 Å². The van der Waals surface area contributed by atoms with Crippen molar-refractivity contribution in [3.8, 4) is 17.1 Å². The maximum atomic E-state index is 12.7. The summed E-state index contributed by atoms with van der Waals surface area (Å²) in [5, 5.41) is 8.64. The van der Waals surface area contributed by atoms with Crippen molar-refractivity contribution < 1.29 is 9.32 Å². The molecule has 8 heteroatoms. The van der Waals surface area contributed by atoms with Crippen LogP contribution in [0.3, 0.4) is 0 Å². The van der Waals surface area contributed by atoms with Gasteiger partial charge < -0.3 is 9.42 Å². The third-order valence-electron chi connectivity index (χ3n) is 5.22. The second-order valence-electron chi connectivity index (χ2n) is 7.39. The van der Waals surface area contributed by atoms with E-state index in [2.05, 4.69) is 20.2 Å². The lowest BCUT2D eigenvalue weighted by Crippen LogP contribution is -2.27. The van der Waals surface area contributed by atoms with E-state index in [1.165, 1.54) is 0 Å². The third-order valence-corrected chi connectivity index (χ3v) is 5.22. The van der Waals surface area contributed by atoms with Gasteiger partial charge >= 0.3 is 0 Å².